The molecule has 0 aromatic heterocycles. The average Bonchev–Trinajstić information content (AvgIpc) is 3.06. The van der Waals surface area contributed by atoms with Gasteiger partial charge in [0.1, 0.15) is 12.3 Å². The number of carbonyl (C=O) groups is 3. The minimum Gasteiger partial charge on any atom is -0.332 e. The molecule has 0 radical (unpaired) electrons. The number of likely N-dealkylation sites (tertiary alicyclic amines) is 1. The van der Waals surface area contributed by atoms with E-state index in [0.29, 0.717) is 24.3 Å². The Bertz CT molecular complexity index is 797. The van der Waals surface area contributed by atoms with Crippen LogP contribution in [-0.2, 0) is 15.0 Å². The van der Waals surface area contributed by atoms with Gasteiger partial charge in [-0.05, 0) is 43.0 Å². The molecule has 1 fully saturated rings. The van der Waals surface area contributed by atoms with Crippen molar-refractivity contribution in [1.82, 2.24) is 9.80 Å². The maximum absolute atomic E-state index is 12.9. The van der Waals surface area contributed by atoms with Gasteiger partial charge in [0, 0.05) is 32.6 Å². The Balaban J connectivity index is 1.85. The van der Waals surface area contributed by atoms with Crippen molar-refractivity contribution < 1.29 is 14.4 Å². The van der Waals surface area contributed by atoms with Crippen LogP contribution in [0.2, 0.25) is 0 Å². The molecule has 0 unspecified atom stereocenters. The number of likely N-dealkylation sites (N-methyl/N-ethyl adjacent to an activating group) is 1. The monoisotopic (exact) mass is 385 g/mol. The molecule has 2 aliphatic rings. The SMILES string of the molecule is CC(=O)[C@@H]1CCN(CCN2C(=O)CN(C)C(=O)c3cc(C(C)(C)C)ccc32)C1. The highest BCUT2D eigenvalue weighted by atomic mass is 16.2. The molecule has 0 N–H and O–H groups in total. The molecule has 0 aliphatic carbocycles. The van der Waals surface area contributed by atoms with Gasteiger partial charge in [0.2, 0.25) is 5.91 Å². The molecule has 3 rings (SSSR count). The van der Waals surface area contributed by atoms with Crippen molar-refractivity contribution in [2.75, 3.05) is 44.7 Å². The second kappa shape index (κ2) is 7.66. The van der Waals surface area contributed by atoms with Gasteiger partial charge in [0.25, 0.3) is 5.91 Å². The van der Waals surface area contributed by atoms with Crippen LogP contribution in [0.5, 0.6) is 0 Å². The Morgan fingerprint density at radius 1 is 1.18 bits per heavy atom. The summed E-state index contributed by atoms with van der Waals surface area (Å²) in [4.78, 5) is 42.8. The fourth-order valence-electron chi connectivity index (χ4n) is 3.96. The van der Waals surface area contributed by atoms with E-state index < -0.39 is 0 Å². The van der Waals surface area contributed by atoms with Gasteiger partial charge in [-0.25, -0.2) is 0 Å². The molecule has 2 amide bonds. The molecule has 0 saturated carbocycles. The lowest BCUT2D eigenvalue weighted by Gasteiger charge is -2.27. The van der Waals surface area contributed by atoms with E-state index in [1.54, 1.807) is 18.9 Å². The Morgan fingerprint density at radius 2 is 1.89 bits per heavy atom. The number of amides is 2. The zero-order chi connectivity index (χ0) is 20.6. The van der Waals surface area contributed by atoms with Gasteiger partial charge < -0.3 is 14.7 Å². The summed E-state index contributed by atoms with van der Waals surface area (Å²) < 4.78 is 0. The predicted molar refractivity (Wildman–Crippen MR) is 110 cm³/mol. The van der Waals surface area contributed by atoms with Gasteiger partial charge >= 0.3 is 0 Å². The number of ketones is 1. The molecule has 28 heavy (non-hydrogen) atoms. The molecular formula is C22H31N3O3. The average molecular weight is 386 g/mol. The van der Waals surface area contributed by atoms with Crippen LogP contribution in [0.25, 0.3) is 0 Å². The summed E-state index contributed by atoms with van der Waals surface area (Å²) in [5.74, 6) is 0.157. The number of carbonyl (C=O) groups excluding carboxylic acids is 3. The lowest BCUT2D eigenvalue weighted by Crippen LogP contribution is -2.41. The summed E-state index contributed by atoms with van der Waals surface area (Å²) in [5, 5.41) is 0. The fraction of sp³-hybridized carbons (Fsp3) is 0.591. The maximum atomic E-state index is 12.9. The van der Waals surface area contributed by atoms with Gasteiger partial charge in [0.15, 0.2) is 0 Å². The normalized spacial score (nSPS) is 21.1. The minimum atomic E-state index is -0.116. The van der Waals surface area contributed by atoms with Crippen LogP contribution < -0.4 is 4.90 Å². The van der Waals surface area contributed by atoms with Crippen molar-refractivity contribution in [2.24, 2.45) is 5.92 Å². The first-order chi connectivity index (χ1) is 13.1. The first-order valence-electron chi connectivity index (χ1n) is 10.0. The summed E-state index contributed by atoms with van der Waals surface area (Å²) in [6, 6.07) is 5.86. The predicted octanol–water partition coefficient (Wildman–Crippen LogP) is 2.31. The first-order valence-corrected chi connectivity index (χ1v) is 10.0. The summed E-state index contributed by atoms with van der Waals surface area (Å²) in [6.45, 7) is 10.9. The third-order valence-corrected chi connectivity index (χ3v) is 5.89. The van der Waals surface area contributed by atoms with E-state index in [0.717, 1.165) is 25.1 Å². The second-order valence-corrected chi connectivity index (χ2v) is 9.09. The molecular weight excluding hydrogens is 354 g/mol. The molecule has 2 aliphatic heterocycles. The second-order valence-electron chi connectivity index (χ2n) is 9.09. The van der Waals surface area contributed by atoms with E-state index in [-0.39, 0.29) is 35.5 Å². The van der Waals surface area contributed by atoms with Crippen molar-refractivity contribution in [3.63, 3.8) is 0 Å². The third kappa shape index (κ3) is 4.12. The topological polar surface area (TPSA) is 60.9 Å². The van der Waals surface area contributed by atoms with E-state index in [9.17, 15) is 14.4 Å². The fourth-order valence-corrected chi connectivity index (χ4v) is 3.96. The van der Waals surface area contributed by atoms with Crippen LogP contribution in [0, 0.1) is 5.92 Å². The summed E-state index contributed by atoms with van der Waals surface area (Å²) in [5.41, 5.74) is 2.27. The molecule has 1 atom stereocenters. The lowest BCUT2D eigenvalue weighted by atomic mass is 9.85. The van der Waals surface area contributed by atoms with Crippen molar-refractivity contribution >= 4 is 23.3 Å². The number of rotatable bonds is 4. The first kappa shape index (κ1) is 20.5. The lowest BCUT2D eigenvalue weighted by molar-refractivity contribution is -0.120. The van der Waals surface area contributed by atoms with E-state index in [1.807, 2.05) is 18.2 Å². The standard InChI is InChI=1S/C22H31N3O3/c1-15(26)16-8-9-24(13-16)10-11-25-19-7-6-17(22(2,3)4)12-18(19)21(28)23(5)14-20(25)27/h6-7,12,16H,8-11,13-14H2,1-5H3/t16-/m1/s1. The number of hydrogen-bond donors (Lipinski definition) is 0. The molecule has 152 valence electrons. The number of nitrogens with zero attached hydrogens (tertiary/aromatic N) is 3. The Kier molecular flexibility index (Phi) is 5.62. The van der Waals surface area contributed by atoms with E-state index in [1.165, 1.54) is 4.90 Å². The van der Waals surface area contributed by atoms with Crippen LogP contribution >= 0.6 is 0 Å². The Hall–Kier alpha value is -2.21. The molecule has 6 nitrogen and oxygen atoms in total. The number of Topliss-reactive ketones (excluding diaryl/α,β-unsaturated/α-hetero) is 1. The van der Waals surface area contributed by atoms with Crippen LogP contribution in [0.4, 0.5) is 5.69 Å². The van der Waals surface area contributed by atoms with Gasteiger partial charge in [0.05, 0.1) is 11.3 Å². The maximum Gasteiger partial charge on any atom is 0.256 e. The Labute approximate surface area is 167 Å². The highest BCUT2D eigenvalue weighted by molar-refractivity contribution is 6.09. The molecule has 6 heteroatoms. The van der Waals surface area contributed by atoms with Crippen molar-refractivity contribution in [3.8, 4) is 0 Å². The van der Waals surface area contributed by atoms with Gasteiger partial charge in [-0.15, -0.1) is 0 Å². The summed E-state index contributed by atoms with van der Waals surface area (Å²) in [6.07, 6.45) is 0.885. The largest absolute Gasteiger partial charge is 0.332 e. The molecule has 2 heterocycles. The van der Waals surface area contributed by atoms with E-state index >= 15 is 0 Å². The number of hydrogen-bond acceptors (Lipinski definition) is 4. The summed E-state index contributed by atoms with van der Waals surface area (Å²) >= 11 is 0. The van der Waals surface area contributed by atoms with Gasteiger partial charge in [-0.3, -0.25) is 14.4 Å². The van der Waals surface area contributed by atoms with Crippen LogP contribution in [0.1, 0.15) is 50.0 Å². The van der Waals surface area contributed by atoms with Crippen LogP contribution in [0.3, 0.4) is 0 Å². The molecule has 0 bridgehead atoms. The van der Waals surface area contributed by atoms with Crippen molar-refractivity contribution in [1.29, 1.82) is 0 Å². The molecule has 1 saturated heterocycles. The van der Waals surface area contributed by atoms with E-state index in [2.05, 4.69) is 25.7 Å². The van der Waals surface area contributed by atoms with Crippen LogP contribution in [-0.4, -0.2) is 67.2 Å². The molecule has 0 spiro atoms. The zero-order valence-electron chi connectivity index (χ0n) is 17.6. The van der Waals surface area contributed by atoms with Gasteiger partial charge in [-0.2, -0.15) is 0 Å². The van der Waals surface area contributed by atoms with E-state index in [4.69, 9.17) is 0 Å². The van der Waals surface area contributed by atoms with Crippen molar-refractivity contribution in [3.05, 3.63) is 29.3 Å². The highest BCUT2D eigenvalue weighted by Crippen LogP contribution is 2.31. The molecule has 1 aromatic rings. The van der Waals surface area contributed by atoms with Crippen LogP contribution in [0.15, 0.2) is 18.2 Å². The molecule has 1 aromatic carbocycles. The quantitative estimate of drug-likeness (QED) is 0.798. The Morgan fingerprint density at radius 3 is 2.50 bits per heavy atom. The zero-order valence-corrected chi connectivity index (χ0v) is 17.6. The highest BCUT2D eigenvalue weighted by Gasteiger charge is 2.32. The van der Waals surface area contributed by atoms with Crippen molar-refractivity contribution in [2.45, 2.75) is 39.5 Å². The number of anilines is 1. The number of fused-ring (bicyclic) bond motifs is 1. The summed E-state index contributed by atoms with van der Waals surface area (Å²) in [7, 11) is 1.68. The van der Waals surface area contributed by atoms with Gasteiger partial charge in [-0.1, -0.05) is 26.8 Å². The minimum absolute atomic E-state index is 0.0691. The number of benzene rings is 1. The smallest absolute Gasteiger partial charge is 0.256 e. The third-order valence-electron chi connectivity index (χ3n) is 5.89.